The molecular formula is C11H21NS. The smallest absolute Gasteiger partial charge is 0.0209 e. The Morgan fingerprint density at radius 2 is 2.38 bits per heavy atom. The molecule has 0 aliphatic carbocycles. The SMILES string of the molecule is C=CCCNC1CSCCC1(C)C. The van der Waals surface area contributed by atoms with E-state index in [0.29, 0.717) is 11.5 Å². The maximum Gasteiger partial charge on any atom is 0.0209 e. The Bertz CT molecular complexity index is 165. The normalized spacial score (nSPS) is 27.1. The lowest BCUT2D eigenvalue weighted by molar-refractivity contribution is 0.247. The molecular weight excluding hydrogens is 178 g/mol. The van der Waals surface area contributed by atoms with E-state index in [2.05, 4.69) is 37.5 Å². The van der Waals surface area contributed by atoms with Crippen molar-refractivity contribution in [3.8, 4) is 0 Å². The Hall–Kier alpha value is 0.0500. The molecule has 0 spiro atoms. The average molecular weight is 199 g/mol. The number of hydrogen-bond donors (Lipinski definition) is 1. The number of hydrogen-bond acceptors (Lipinski definition) is 2. The lowest BCUT2D eigenvalue weighted by Crippen LogP contribution is -2.46. The minimum atomic E-state index is 0.479. The largest absolute Gasteiger partial charge is 0.312 e. The third-order valence-electron chi connectivity index (χ3n) is 2.86. The van der Waals surface area contributed by atoms with Crippen LogP contribution in [0.15, 0.2) is 12.7 Å². The minimum Gasteiger partial charge on any atom is -0.312 e. The maximum absolute atomic E-state index is 3.73. The van der Waals surface area contributed by atoms with Crippen LogP contribution in [-0.2, 0) is 0 Å². The van der Waals surface area contributed by atoms with Crippen molar-refractivity contribution in [2.75, 3.05) is 18.1 Å². The van der Waals surface area contributed by atoms with Gasteiger partial charge in [-0.3, -0.25) is 0 Å². The summed E-state index contributed by atoms with van der Waals surface area (Å²) in [6, 6.07) is 0.686. The zero-order valence-electron chi connectivity index (χ0n) is 8.81. The van der Waals surface area contributed by atoms with E-state index < -0.39 is 0 Å². The fourth-order valence-electron chi connectivity index (χ4n) is 1.63. The molecule has 2 heteroatoms. The summed E-state index contributed by atoms with van der Waals surface area (Å²) in [7, 11) is 0. The number of thioether (sulfide) groups is 1. The van der Waals surface area contributed by atoms with Gasteiger partial charge < -0.3 is 5.32 Å². The molecule has 1 rings (SSSR count). The molecule has 1 nitrogen and oxygen atoms in total. The van der Waals surface area contributed by atoms with Crippen molar-refractivity contribution in [1.29, 1.82) is 0 Å². The third kappa shape index (κ3) is 3.35. The summed E-state index contributed by atoms with van der Waals surface area (Å²) in [6.07, 6.45) is 4.40. The van der Waals surface area contributed by atoms with Gasteiger partial charge in [0, 0.05) is 11.8 Å². The van der Waals surface area contributed by atoms with Crippen LogP contribution in [-0.4, -0.2) is 24.1 Å². The van der Waals surface area contributed by atoms with E-state index >= 15 is 0 Å². The van der Waals surface area contributed by atoms with E-state index in [-0.39, 0.29) is 0 Å². The first-order valence-electron chi connectivity index (χ1n) is 5.09. The summed E-state index contributed by atoms with van der Waals surface area (Å²) in [4.78, 5) is 0. The summed E-state index contributed by atoms with van der Waals surface area (Å²) in [6.45, 7) is 9.56. The molecule has 13 heavy (non-hydrogen) atoms. The molecule has 0 bridgehead atoms. The minimum absolute atomic E-state index is 0.479. The second-order valence-corrected chi connectivity index (χ2v) is 5.55. The summed E-state index contributed by atoms with van der Waals surface area (Å²) in [5.41, 5.74) is 0.479. The fraction of sp³-hybridized carbons (Fsp3) is 0.818. The van der Waals surface area contributed by atoms with E-state index in [0.717, 1.165) is 13.0 Å². The van der Waals surface area contributed by atoms with Crippen LogP contribution < -0.4 is 5.32 Å². The highest BCUT2D eigenvalue weighted by Gasteiger charge is 2.31. The van der Waals surface area contributed by atoms with Crippen LogP contribution in [0.5, 0.6) is 0 Å². The predicted octanol–water partition coefficient (Wildman–Crippen LogP) is 2.68. The second-order valence-electron chi connectivity index (χ2n) is 4.40. The van der Waals surface area contributed by atoms with Gasteiger partial charge in [0.15, 0.2) is 0 Å². The van der Waals surface area contributed by atoms with Crippen LogP contribution >= 0.6 is 11.8 Å². The van der Waals surface area contributed by atoms with Crippen molar-refractivity contribution in [1.82, 2.24) is 5.32 Å². The molecule has 76 valence electrons. The molecule has 1 aliphatic rings. The standard InChI is InChI=1S/C11H21NS/c1-4-5-7-12-10-9-13-8-6-11(10,2)3/h4,10,12H,1,5-9H2,2-3H3. The van der Waals surface area contributed by atoms with Gasteiger partial charge in [0.2, 0.25) is 0 Å². The topological polar surface area (TPSA) is 12.0 Å². The van der Waals surface area contributed by atoms with Crippen molar-refractivity contribution in [2.24, 2.45) is 5.41 Å². The Morgan fingerprint density at radius 1 is 1.62 bits per heavy atom. The lowest BCUT2D eigenvalue weighted by atomic mass is 9.82. The van der Waals surface area contributed by atoms with Crippen molar-refractivity contribution in [3.05, 3.63) is 12.7 Å². The van der Waals surface area contributed by atoms with Gasteiger partial charge in [-0.15, -0.1) is 6.58 Å². The molecule has 0 aromatic heterocycles. The second kappa shape index (κ2) is 5.06. The van der Waals surface area contributed by atoms with Crippen LogP contribution in [0.3, 0.4) is 0 Å². The average Bonchev–Trinajstić information content (AvgIpc) is 2.08. The van der Waals surface area contributed by atoms with Gasteiger partial charge in [0.1, 0.15) is 0 Å². The fourth-order valence-corrected chi connectivity index (χ4v) is 3.27. The Labute approximate surface area is 86.4 Å². The zero-order chi connectivity index (χ0) is 9.73. The highest BCUT2D eigenvalue weighted by Crippen LogP contribution is 2.33. The van der Waals surface area contributed by atoms with Gasteiger partial charge in [-0.2, -0.15) is 11.8 Å². The molecule has 1 unspecified atom stereocenters. The lowest BCUT2D eigenvalue weighted by Gasteiger charge is -2.38. The first-order chi connectivity index (χ1) is 6.17. The highest BCUT2D eigenvalue weighted by molar-refractivity contribution is 7.99. The van der Waals surface area contributed by atoms with Gasteiger partial charge in [-0.05, 0) is 30.6 Å². The summed E-state index contributed by atoms with van der Waals surface area (Å²) in [5.74, 6) is 2.59. The molecule has 1 saturated heterocycles. The summed E-state index contributed by atoms with van der Waals surface area (Å²) < 4.78 is 0. The Balaban J connectivity index is 2.32. The van der Waals surface area contributed by atoms with Crippen molar-refractivity contribution < 1.29 is 0 Å². The van der Waals surface area contributed by atoms with Crippen LogP contribution in [0.4, 0.5) is 0 Å². The van der Waals surface area contributed by atoms with E-state index in [9.17, 15) is 0 Å². The third-order valence-corrected chi connectivity index (χ3v) is 3.92. The molecule has 0 aromatic carbocycles. The monoisotopic (exact) mass is 199 g/mol. The van der Waals surface area contributed by atoms with Crippen LogP contribution in [0.2, 0.25) is 0 Å². The Morgan fingerprint density at radius 3 is 3.00 bits per heavy atom. The van der Waals surface area contributed by atoms with Crippen LogP contribution in [0.1, 0.15) is 26.7 Å². The number of rotatable bonds is 4. The molecule has 0 radical (unpaired) electrons. The van der Waals surface area contributed by atoms with E-state index in [1.165, 1.54) is 17.9 Å². The van der Waals surface area contributed by atoms with Gasteiger partial charge in [-0.25, -0.2) is 0 Å². The predicted molar refractivity (Wildman–Crippen MR) is 62.3 cm³/mol. The molecule has 1 N–H and O–H groups in total. The van der Waals surface area contributed by atoms with Crippen LogP contribution in [0, 0.1) is 5.41 Å². The first-order valence-corrected chi connectivity index (χ1v) is 6.24. The van der Waals surface area contributed by atoms with Gasteiger partial charge in [0.25, 0.3) is 0 Å². The van der Waals surface area contributed by atoms with Crippen molar-refractivity contribution in [3.63, 3.8) is 0 Å². The maximum atomic E-state index is 3.73. The molecule has 0 amide bonds. The van der Waals surface area contributed by atoms with Crippen molar-refractivity contribution >= 4 is 11.8 Å². The molecule has 1 aliphatic heterocycles. The number of nitrogens with one attached hydrogen (secondary N) is 1. The summed E-state index contributed by atoms with van der Waals surface area (Å²) in [5, 5.41) is 3.62. The molecule has 0 aromatic rings. The molecule has 0 saturated carbocycles. The molecule has 1 fully saturated rings. The van der Waals surface area contributed by atoms with E-state index in [4.69, 9.17) is 0 Å². The van der Waals surface area contributed by atoms with Crippen LogP contribution in [0.25, 0.3) is 0 Å². The van der Waals surface area contributed by atoms with Gasteiger partial charge in [0.05, 0.1) is 0 Å². The summed E-state index contributed by atoms with van der Waals surface area (Å²) >= 11 is 2.08. The van der Waals surface area contributed by atoms with Gasteiger partial charge in [-0.1, -0.05) is 19.9 Å². The van der Waals surface area contributed by atoms with Gasteiger partial charge >= 0.3 is 0 Å². The Kier molecular flexibility index (Phi) is 4.33. The quantitative estimate of drug-likeness (QED) is 0.552. The molecule has 1 heterocycles. The van der Waals surface area contributed by atoms with Crippen molar-refractivity contribution in [2.45, 2.75) is 32.7 Å². The zero-order valence-corrected chi connectivity index (χ0v) is 9.62. The first kappa shape index (κ1) is 11.1. The highest BCUT2D eigenvalue weighted by atomic mass is 32.2. The van der Waals surface area contributed by atoms with E-state index in [1.807, 2.05) is 6.08 Å². The molecule has 1 atom stereocenters. The van der Waals surface area contributed by atoms with E-state index in [1.54, 1.807) is 0 Å².